The van der Waals surface area contributed by atoms with E-state index in [2.05, 4.69) is 19.9 Å². The Morgan fingerprint density at radius 2 is 2.08 bits per heavy atom. The molecule has 1 N–H and O–H groups in total. The molecule has 0 aliphatic rings. The van der Waals surface area contributed by atoms with Crippen LogP contribution in [0.15, 0.2) is 12.7 Å². The van der Waals surface area contributed by atoms with Gasteiger partial charge in [-0.3, -0.25) is 0 Å². The van der Waals surface area contributed by atoms with E-state index in [4.69, 9.17) is 0 Å². The van der Waals surface area contributed by atoms with Gasteiger partial charge in [-0.15, -0.1) is 0 Å². The van der Waals surface area contributed by atoms with Gasteiger partial charge < -0.3 is 11.3 Å². The zero-order valence-corrected chi connectivity index (χ0v) is 9.94. The summed E-state index contributed by atoms with van der Waals surface area (Å²) in [6.45, 7) is 0. The monoisotopic (exact) mass is 187 g/mol. The van der Waals surface area contributed by atoms with Crippen molar-refractivity contribution in [3.8, 4) is 0 Å². The molecule has 64 valence electrons. The number of H-pyrrole nitrogens is 1. The summed E-state index contributed by atoms with van der Waals surface area (Å²) in [5, 5.41) is 0. The fourth-order valence-electron chi connectivity index (χ4n) is 1.09. The first-order valence-corrected chi connectivity index (χ1v) is 3.60. The maximum Gasteiger partial charge on any atom is 1.00 e. The van der Waals surface area contributed by atoms with Crippen LogP contribution < -0.4 is 34.5 Å². The summed E-state index contributed by atoms with van der Waals surface area (Å²) in [5.41, 5.74) is 1.58. The van der Waals surface area contributed by atoms with Crippen LogP contribution in [-0.4, -0.2) is 34.0 Å². The largest absolute Gasteiger partial charge is 1.00 e. The zero-order valence-electron chi connectivity index (χ0n) is 8.94. The second kappa shape index (κ2) is 4.04. The molecule has 0 aromatic carbocycles. The summed E-state index contributed by atoms with van der Waals surface area (Å²) in [4.78, 5) is 17.1. The topological polar surface area (TPSA) is 57.7 Å². The first kappa shape index (κ1) is 10.4. The Bertz CT molecular complexity index is 402. The molecule has 2 rings (SSSR count). The van der Waals surface area contributed by atoms with Crippen molar-refractivity contribution in [2.24, 2.45) is 0 Å². The molecule has 0 atom stereocenters. The molecule has 0 spiro atoms. The minimum atomic E-state index is 0. The molecule has 0 amide bonds. The molecule has 2 aromatic heterocycles. The average molecular weight is 187 g/mol. The van der Waals surface area contributed by atoms with Gasteiger partial charge in [-0.25, -0.2) is 15.0 Å². The van der Waals surface area contributed by atoms with Crippen LogP contribution in [0.25, 0.3) is 11.2 Å². The van der Waals surface area contributed by atoms with Crippen molar-refractivity contribution in [1.82, 2.24) is 19.9 Å². The van der Waals surface area contributed by atoms with E-state index in [9.17, 15) is 0 Å². The molecule has 6 heteroatoms. The third-order valence-corrected chi connectivity index (χ3v) is 1.63. The summed E-state index contributed by atoms with van der Waals surface area (Å²) in [7, 11) is 3.87. The zero-order chi connectivity index (χ0) is 8.55. The Kier molecular flexibility index (Phi) is 3.24. The summed E-state index contributed by atoms with van der Waals surface area (Å²) in [6, 6.07) is 0. The van der Waals surface area contributed by atoms with Crippen molar-refractivity contribution in [2.75, 3.05) is 19.0 Å². The summed E-state index contributed by atoms with van der Waals surface area (Å²) in [6.07, 6.45) is 3.13. The van der Waals surface area contributed by atoms with Crippen LogP contribution in [0.1, 0.15) is 1.43 Å². The van der Waals surface area contributed by atoms with Gasteiger partial charge in [-0.2, -0.15) is 0 Å². The number of fused-ring (bicyclic) bond motifs is 1. The molecule has 0 aliphatic carbocycles. The minimum Gasteiger partial charge on any atom is -1.00 e. The van der Waals surface area contributed by atoms with Crippen molar-refractivity contribution in [3.05, 3.63) is 12.7 Å². The van der Waals surface area contributed by atoms with Gasteiger partial charge in [-0.05, 0) is 0 Å². The molecule has 0 unspecified atom stereocenters. The molecule has 0 saturated carbocycles. The standard InChI is InChI=1S/C7H9N5.Na.H/c1-12(2)7-5-6(9-3-8-5)10-4-11-7;;/h3-4H,1-2H3,(H,8,9,10,11);;/q;+1;-1. The first-order valence-electron chi connectivity index (χ1n) is 3.60. The predicted octanol–water partition coefficient (Wildman–Crippen LogP) is -2.46. The molecule has 2 aromatic rings. The fourth-order valence-corrected chi connectivity index (χ4v) is 1.09. The molecular formula is C7H10N5Na. The van der Waals surface area contributed by atoms with Crippen molar-refractivity contribution >= 4 is 17.0 Å². The van der Waals surface area contributed by atoms with Gasteiger partial charge in [0.1, 0.15) is 11.8 Å². The first-order chi connectivity index (χ1) is 5.79. The molecule has 5 nitrogen and oxygen atoms in total. The number of aromatic amines is 1. The molecule has 0 fully saturated rings. The van der Waals surface area contributed by atoms with Crippen LogP contribution in [0.4, 0.5) is 5.82 Å². The van der Waals surface area contributed by atoms with E-state index in [1.807, 2.05) is 19.0 Å². The summed E-state index contributed by atoms with van der Waals surface area (Å²) < 4.78 is 0. The average Bonchev–Trinajstić information content (AvgIpc) is 2.49. The van der Waals surface area contributed by atoms with Gasteiger partial charge in [0.2, 0.25) is 0 Å². The van der Waals surface area contributed by atoms with Gasteiger partial charge >= 0.3 is 29.6 Å². The van der Waals surface area contributed by atoms with E-state index in [-0.39, 0.29) is 31.0 Å². The Balaban J connectivity index is 0.000000845. The molecule has 0 bridgehead atoms. The second-order valence-electron chi connectivity index (χ2n) is 2.69. The number of rotatable bonds is 1. The number of hydrogen-bond donors (Lipinski definition) is 1. The van der Waals surface area contributed by atoms with Crippen molar-refractivity contribution in [1.29, 1.82) is 0 Å². The van der Waals surface area contributed by atoms with Crippen molar-refractivity contribution in [2.45, 2.75) is 0 Å². The molecule has 0 radical (unpaired) electrons. The smallest absolute Gasteiger partial charge is 1.00 e. The maximum atomic E-state index is 4.12. The van der Waals surface area contributed by atoms with E-state index in [1.54, 1.807) is 6.33 Å². The number of hydrogen-bond acceptors (Lipinski definition) is 4. The molecule has 0 aliphatic heterocycles. The van der Waals surface area contributed by atoms with Crippen molar-refractivity contribution < 1.29 is 31.0 Å². The van der Waals surface area contributed by atoms with Crippen LogP contribution in [-0.2, 0) is 0 Å². The quantitative estimate of drug-likeness (QED) is 0.503. The third-order valence-electron chi connectivity index (χ3n) is 1.63. The number of imidazole rings is 1. The van der Waals surface area contributed by atoms with Gasteiger partial charge in [0.15, 0.2) is 11.5 Å². The van der Waals surface area contributed by atoms with Crippen LogP contribution in [0.5, 0.6) is 0 Å². The molecular weight excluding hydrogens is 177 g/mol. The number of aromatic nitrogens is 4. The van der Waals surface area contributed by atoms with E-state index < -0.39 is 0 Å². The van der Waals surface area contributed by atoms with Crippen LogP contribution in [0.3, 0.4) is 0 Å². The number of anilines is 1. The normalized spacial score (nSPS) is 9.69. The van der Waals surface area contributed by atoms with E-state index in [0.29, 0.717) is 5.65 Å². The van der Waals surface area contributed by atoms with Crippen LogP contribution >= 0.6 is 0 Å². The van der Waals surface area contributed by atoms with Crippen LogP contribution in [0.2, 0.25) is 0 Å². The number of nitrogens with zero attached hydrogens (tertiary/aromatic N) is 4. The SMILES string of the molecule is CN(C)c1ncnc2nc[nH]c12.[H-].[Na+]. The molecule has 0 saturated heterocycles. The molecule has 2 heterocycles. The Morgan fingerprint density at radius 1 is 1.31 bits per heavy atom. The predicted molar refractivity (Wildman–Crippen MR) is 47.1 cm³/mol. The van der Waals surface area contributed by atoms with Gasteiger partial charge in [0, 0.05) is 14.1 Å². The van der Waals surface area contributed by atoms with Gasteiger partial charge in [0.25, 0.3) is 0 Å². The maximum absolute atomic E-state index is 4.12. The van der Waals surface area contributed by atoms with E-state index in [0.717, 1.165) is 11.3 Å². The minimum absolute atomic E-state index is 0. The second-order valence-corrected chi connectivity index (χ2v) is 2.69. The Hall–Kier alpha value is -0.650. The third kappa shape index (κ3) is 1.82. The van der Waals surface area contributed by atoms with Crippen LogP contribution in [0, 0.1) is 0 Å². The van der Waals surface area contributed by atoms with Gasteiger partial charge in [-0.1, -0.05) is 0 Å². The summed E-state index contributed by atoms with van der Waals surface area (Å²) >= 11 is 0. The van der Waals surface area contributed by atoms with E-state index in [1.165, 1.54) is 6.33 Å². The Morgan fingerprint density at radius 3 is 2.77 bits per heavy atom. The fraction of sp³-hybridized carbons (Fsp3) is 0.286. The summed E-state index contributed by atoms with van der Waals surface area (Å²) in [5.74, 6) is 0.859. The number of nitrogens with one attached hydrogen (secondary N) is 1. The van der Waals surface area contributed by atoms with Gasteiger partial charge in [0.05, 0.1) is 6.33 Å². The molecule has 13 heavy (non-hydrogen) atoms. The Labute approximate surface area is 99.4 Å². The van der Waals surface area contributed by atoms with E-state index >= 15 is 0 Å². The van der Waals surface area contributed by atoms with Crippen molar-refractivity contribution in [3.63, 3.8) is 0 Å².